The molecule has 21 heavy (non-hydrogen) atoms. The van der Waals surface area contributed by atoms with Crippen LogP contribution in [0.3, 0.4) is 0 Å². The van der Waals surface area contributed by atoms with Crippen molar-refractivity contribution < 1.29 is 23.5 Å². The number of hydrogen-bond donors (Lipinski definition) is 2. The number of piperidine rings is 1. The van der Waals surface area contributed by atoms with Gasteiger partial charge in [0.1, 0.15) is 0 Å². The van der Waals surface area contributed by atoms with Crippen LogP contribution in [0.25, 0.3) is 0 Å². The number of β-amino-alcohol motifs (C(OH)–C–C–N with tert-alkyl or cyclic N) is 1. The van der Waals surface area contributed by atoms with Crippen molar-refractivity contribution in [3.8, 4) is 0 Å². The Balaban J connectivity index is 1.99. The summed E-state index contributed by atoms with van der Waals surface area (Å²) in [6.45, 7) is 2.33. The van der Waals surface area contributed by atoms with Crippen molar-refractivity contribution in [2.45, 2.75) is 19.4 Å². The van der Waals surface area contributed by atoms with E-state index in [1.54, 1.807) is 0 Å². The van der Waals surface area contributed by atoms with Gasteiger partial charge in [0.25, 0.3) is 0 Å². The van der Waals surface area contributed by atoms with Crippen LogP contribution in [-0.4, -0.2) is 41.0 Å². The molecule has 0 spiro atoms. The van der Waals surface area contributed by atoms with Crippen molar-refractivity contribution >= 4 is 17.5 Å². The number of benzene rings is 1. The van der Waals surface area contributed by atoms with E-state index < -0.39 is 29.6 Å². The van der Waals surface area contributed by atoms with Gasteiger partial charge < -0.3 is 15.3 Å². The standard InChI is InChI=1S/C14H16F2N2O3/c1-8-4-5-18(7-12(8)19)14(21)13(20)17-9-2-3-10(15)11(16)6-9/h2-3,6,8,12,19H,4-5,7H2,1H3,(H,17,20). The van der Waals surface area contributed by atoms with Crippen LogP contribution in [0.2, 0.25) is 0 Å². The number of carbonyl (C=O) groups excluding carboxylic acids is 2. The fraction of sp³-hybridized carbons (Fsp3) is 0.429. The van der Waals surface area contributed by atoms with Crippen LogP contribution in [0, 0.1) is 17.6 Å². The van der Waals surface area contributed by atoms with Gasteiger partial charge >= 0.3 is 11.8 Å². The number of halogens is 2. The Hall–Kier alpha value is -2.02. The highest BCUT2D eigenvalue weighted by atomic mass is 19.2. The molecule has 0 radical (unpaired) electrons. The molecule has 2 N–H and O–H groups in total. The van der Waals surface area contributed by atoms with Crippen molar-refractivity contribution in [3.63, 3.8) is 0 Å². The zero-order chi connectivity index (χ0) is 15.6. The smallest absolute Gasteiger partial charge is 0.313 e. The number of rotatable bonds is 1. The molecule has 7 heteroatoms. The first-order chi connectivity index (χ1) is 9.88. The highest BCUT2D eigenvalue weighted by Gasteiger charge is 2.30. The summed E-state index contributed by atoms with van der Waals surface area (Å²) in [6.07, 6.45) is -0.0653. The molecule has 1 aromatic carbocycles. The maximum atomic E-state index is 13.0. The number of nitrogens with one attached hydrogen (secondary N) is 1. The lowest BCUT2D eigenvalue weighted by atomic mass is 9.96. The van der Waals surface area contributed by atoms with Gasteiger partial charge in [0.2, 0.25) is 0 Å². The van der Waals surface area contributed by atoms with Crippen LogP contribution >= 0.6 is 0 Å². The van der Waals surface area contributed by atoms with E-state index in [0.29, 0.717) is 13.0 Å². The van der Waals surface area contributed by atoms with Crippen LogP contribution in [0.15, 0.2) is 18.2 Å². The second kappa shape index (κ2) is 6.17. The molecule has 1 aliphatic heterocycles. The lowest BCUT2D eigenvalue weighted by Crippen LogP contribution is -2.49. The Morgan fingerprint density at radius 3 is 2.67 bits per heavy atom. The van der Waals surface area contributed by atoms with Gasteiger partial charge in [0.15, 0.2) is 11.6 Å². The monoisotopic (exact) mass is 298 g/mol. The number of amides is 2. The summed E-state index contributed by atoms with van der Waals surface area (Å²) in [5.74, 6) is -3.81. The minimum atomic E-state index is -1.11. The molecule has 1 heterocycles. The summed E-state index contributed by atoms with van der Waals surface area (Å²) < 4.78 is 25.8. The summed E-state index contributed by atoms with van der Waals surface area (Å²) in [5.41, 5.74) is -0.00169. The predicted molar refractivity (Wildman–Crippen MR) is 71.4 cm³/mol. The molecule has 1 aromatic rings. The molecule has 0 bridgehead atoms. The molecule has 0 aromatic heterocycles. The number of likely N-dealkylation sites (tertiary alicyclic amines) is 1. The van der Waals surface area contributed by atoms with Gasteiger partial charge in [-0.1, -0.05) is 6.92 Å². The van der Waals surface area contributed by atoms with Crippen molar-refractivity contribution in [2.75, 3.05) is 18.4 Å². The molecule has 1 saturated heterocycles. The van der Waals surface area contributed by atoms with Crippen molar-refractivity contribution in [3.05, 3.63) is 29.8 Å². The third kappa shape index (κ3) is 3.55. The Morgan fingerprint density at radius 2 is 2.05 bits per heavy atom. The third-order valence-electron chi connectivity index (χ3n) is 3.58. The average Bonchev–Trinajstić information content (AvgIpc) is 2.45. The van der Waals surface area contributed by atoms with Crippen LogP contribution in [0.4, 0.5) is 14.5 Å². The molecule has 0 saturated carbocycles. The van der Waals surface area contributed by atoms with Gasteiger partial charge in [-0.15, -0.1) is 0 Å². The maximum Gasteiger partial charge on any atom is 0.313 e. The van der Waals surface area contributed by atoms with Gasteiger partial charge in [0.05, 0.1) is 6.10 Å². The highest BCUT2D eigenvalue weighted by Crippen LogP contribution is 2.18. The van der Waals surface area contributed by atoms with E-state index in [0.717, 1.165) is 18.2 Å². The number of carbonyl (C=O) groups is 2. The summed E-state index contributed by atoms with van der Waals surface area (Å²) >= 11 is 0. The highest BCUT2D eigenvalue weighted by molar-refractivity contribution is 6.39. The number of aliphatic hydroxyl groups excluding tert-OH is 1. The average molecular weight is 298 g/mol. The maximum absolute atomic E-state index is 13.0. The Labute approximate surface area is 120 Å². The first-order valence-electron chi connectivity index (χ1n) is 6.62. The lowest BCUT2D eigenvalue weighted by Gasteiger charge is -2.33. The molecule has 0 aliphatic carbocycles. The van der Waals surface area contributed by atoms with E-state index in [1.807, 2.05) is 6.92 Å². The molecule has 2 atom stereocenters. The van der Waals surface area contributed by atoms with E-state index in [2.05, 4.69) is 5.32 Å². The second-order valence-electron chi connectivity index (χ2n) is 5.17. The van der Waals surface area contributed by atoms with Gasteiger partial charge in [-0.25, -0.2) is 8.78 Å². The number of hydrogen-bond acceptors (Lipinski definition) is 3. The Kier molecular flexibility index (Phi) is 4.52. The molecule has 2 rings (SSSR count). The van der Waals surface area contributed by atoms with Crippen LogP contribution in [0.5, 0.6) is 0 Å². The lowest BCUT2D eigenvalue weighted by molar-refractivity contribution is -0.146. The van der Waals surface area contributed by atoms with Crippen LogP contribution in [-0.2, 0) is 9.59 Å². The molecule has 5 nitrogen and oxygen atoms in total. The Morgan fingerprint density at radius 1 is 1.33 bits per heavy atom. The Bertz CT molecular complexity index is 565. The van der Waals surface area contributed by atoms with E-state index in [1.165, 1.54) is 4.90 Å². The van der Waals surface area contributed by atoms with E-state index in [4.69, 9.17) is 0 Å². The van der Waals surface area contributed by atoms with Gasteiger partial charge in [0, 0.05) is 24.8 Å². The fourth-order valence-electron chi connectivity index (χ4n) is 2.14. The van der Waals surface area contributed by atoms with E-state index in [9.17, 15) is 23.5 Å². The normalized spacial score (nSPS) is 22.0. The third-order valence-corrected chi connectivity index (χ3v) is 3.58. The minimum Gasteiger partial charge on any atom is -0.391 e. The largest absolute Gasteiger partial charge is 0.391 e. The summed E-state index contributed by atoms with van der Waals surface area (Å²) in [4.78, 5) is 25.0. The van der Waals surface area contributed by atoms with Gasteiger partial charge in [-0.3, -0.25) is 9.59 Å². The van der Waals surface area contributed by atoms with Gasteiger partial charge in [-0.2, -0.15) is 0 Å². The fourth-order valence-corrected chi connectivity index (χ4v) is 2.14. The number of anilines is 1. The van der Waals surface area contributed by atoms with Crippen LogP contribution in [0.1, 0.15) is 13.3 Å². The summed E-state index contributed by atoms with van der Waals surface area (Å²) in [7, 11) is 0. The van der Waals surface area contributed by atoms with Crippen LogP contribution < -0.4 is 5.32 Å². The number of aliphatic hydroxyl groups is 1. The molecular weight excluding hydrogens is 282 g/mol. The molecular formula is C14H16F2N2O3. The predicted octanol–water partition coefficient (Wildman–Crippen LogP) is 1.13. The zero-order valence-electron chi connectivity index (χ0n) is 11.5. The first kappa shape index (κ1) is 15.4. The number of nitrogens with zero attached hydrogens (tertiary/aromatic N) is 1. The van der Waals surface area contributed by atoms with E-state index in [-0.39, 0.29) is 18.2 Å². The summed E-state index contributed by atoms with van der Waals surface area (Å²) in [5, 5.41) is 11.9. The van der Waals surface area contributed by atoms with E-state index >= 15 is 0 Å². The van der Waals surface area contributed by atoms with Crippen molar-refractivity contribution in [1.29, 1.82) is 0 Å². The first-order valence-corrected chi connectivity index (χ1v) is 6.62. The molecule has 2 amide bonds. The summed E-state index contributed by atoms with van der Waals surface area (Å²) in [6, 6.07) is 2.83. The molecule has 2 unspecified atom stereocenters. The SMILES string of the molecule is CC1CCN(C(=O)C(=O)Nc2ccc(F)c(F)c2)CC1O. The minimum absolute atomic E-state index is 0.00169. The zero-order valence-corrected chi connectivity index (χ0v) is 11.5. The quantitative estimate of drug-likeness (QED) is 0.764. The van der Waals surface area contributed by atoms with Crippen molar-refractivity contribution in [2.24, 2.45) is 5.92 Å². The van der Waals surface area contributed by atoms with Crippen molar-refractivity contribution in [1.82, 2.24) is 4.90 Å². The molecule has 114 valence electrons. The molecule has 1 aliphatic rings. The molecule has 1 fully saturated rings. The second-order valence-corrected chi connectivity index (χ2v) is 5.17. The topological polar surface area (TPSA) is 69.6 Å². The van der Waals surface area contributed by atoms with Gasteiger partial charge in [-0.05, 0) is 24.5 Å².